The predicted molar refractivity (Wildman–Crippen MR) is 86.7 cm³/mol. The third-order valence-electron chi connectivity index (χ3n) is 5.55. The standard InChI is InChI=1S/C17H2F32O/c18-2(5(22,23)7(26,27)9(30,31)11(34,35)13(38,39)15(42,43)17(47,48)49)3(19)50-1-4(20,21)6(24,25)8(28,29)10(32,33)12(36,37)14(40,41)16(44,45)46/h1H2/b3-2-. The largest absolute Gasteiger partial charge is 0.462 e. The van der Waals surface area contributed by atoms with E-state index in [1.54, 1.807) is 0 Å². The van der Waals surface area contributed by atoms with Crippen molar-refractivity contribution in [3.8, 4) is 0 Å². The van der Waals surface area contributed by atoms with Gasteiger partial charge in [-0.3, -0.25) is 0 Å². The Labute approximate surface area is 248 Å². The molecule has 50 heavy (non-hydrogen) atoms. The van der Waals surface area contributed by atoms with Crippen molar-refractivity contribution in [2.45, 2.75) is 83.4 Å². The highest BCUT2D eigenvalue weighted by molar-refractivity contribution is 5.20. The van der Waals surface area contributed by atoms with Gasteiger partial charge in [0, 0.05) is 0 Å². The minimum atomic E-state index is -9.23. The summed E-state index contributed by atoms with van der Waals surface area (Å²) in [6.07, 6.45) is -16.3. The molecule has 0 aromatic carbocycles. The van der Waals surface area contributed by atoms with Crippen LogP contribution in [0, 0.1) is 0 Å². The highest BCUT2D eigenvalue weighted by Crippen LogP contribution is 2.65. The van der Waals surface area contributed by atoms with Gasteiger partial charge in [-0.1, -0.05) is 0 Å². The molecule has 0 aromatic rings. The number of ether oxygens (including phenoxy) is 1. The molecule has 300 valence electrons. The van der Waals surface area contributed by atoms with E-state index in [1.165, 1.54) is 0 Å². The van der Waals surface area contributed by atoms with Gasteiger partial charge in [-0.05, 0) is 0 Å². The molecule has 1 nitrogen and oxygen atoms in total. The van der Waals surface area contributed by atoms with Gasteiger partial charge in [0.15, 0.2) is 6.61 Å². The van der Waals surface area contributed by atoms with Crippen molar-refractivity contribution in [3.05, 3.63) is 11.8 Å². The van der Waals surface area contributed by atoms with Gasteiger partial charge in [0.1, 0.15) is 0 Å². The maximum atomic E-state index is 13.6. The normalized spacial score (nSPS) is 17.2. The first kappa shape index (κ1) is 47.3. The highest BCUT2D eigenvalue weighted by Gasteiger charge is 2.95. The Morgan fingerprint density at radius 2 is 0.520 bits per heavy atom. The van der Waals surface area contributed by atoms with Crippen molar-refractivity contribution in [3.63, 3.8) is 0 Å². The SMILES string of the molecule is F/C(OCC(F)(F)C(F)(F)C(F)(F)C(F)(F)C(F)(F)C(F)(F)C(F)(F)F)=C(/F)C(F)(F)C(F)(F)C(F)(F)C(F)(F)C(F)(F)C(F)(F)C(F)(F)F. The summed E-state index contributed by atoms with van der Waals surface area (Å²) in [5.74, 6) is -111. The van der Waals surface area contributed by atoms with Crippen LogP contribution < -0.4 is 0 Å². The molecular formula is C17H2F32O. The van der Waals surface area contributed by atoms with E-state index in [9.17, 15) is 140 Å². The molecule has 0 atom stereocenters. The van der Waals surface area contributed by atoms with Crippen molar-refractivity contribution in [1.82, 2.24) is 0 Å². The molecule has 0 fully saturated rings. The van der Waals surface area contributed by atoms with E-state index < -0.39 is 102 Å². The Kier molecular flexibility index (Phi) is 11.3. The van der Waals surface area contributed by atoms with Gasteiger partial charge in [-0.2, -0.15) is 140 Å². The Morgan fingerprint density at radius 1 is 0.300 bits per heavy atom. The molecule has 0 aliphatic heterocycles. The highest BCUT2D eigenvalue weighted by atomic mass is 19.4. The van der Waals surface area contributed by atoms with E-state index in [4.69, 9.17) is 0 Å². The van der Waals surface area contributed by atoms with Gasteiger partial charge in [-0.15, -0.1) is 0 Å². The van der Waals surface area contributed by atoms with E-state index in [-0.39, 0.29) is 0 Å². The fourth-order valence-corrected chi connectivity index (χ4v) is 2.54. The van der Waals surface area contributed by atoms with Crippen LogP contribution in [-0.2, 0) is 4.74 Å². The Bertz CT molecular complexity index is 1260. The lowest BCUT2D eigenvalue weighted by Crippen LogP contribution is -2.73. The van der Waals surface area contributed by atoms with E-state index in [1.807, 2.05) is 4.74 Å². The van der Waals surface area contributed by atoms with Crippen LogP contribution in [0.3, 0.4) is 0 Å². The minimum absolute atomic E-state index is 1.97. The summed E-state index contributed by atoms with van der Waals surface area (Å²) in [5.41, 5.74) is 0. The lowest BCUT2D eigenvalue weighted by molar-refractivity contribution is -0.453. The molecule has 0 unspecified atom stereocenters. The molecule has 0 saturated heterocycles. The molecule has 0 radical (unpaired) electrons. The summed E-state index contributed by atoms with van der Waals surface area (Å²) < 4.78 is 419. The summed E-state index contributed by atoms with van der Waals surface area (Å²) in [4.78, 5) is 0. The average Bonchev–Trinajstić information content (AvgIpc) is 2.88. The quantitative estimate of drug-likeness (QED) is 0.125. The van der Waals surface area contributed by atoms with E-state index in [0.29, 0.717) is 0 Å². The van der Waals surface area contributed by atoms with Crippen LogP contribution in [0.25, 0.3) is 0 Å². The second kappa shape index (κ2) is 11.9. The Hall–Kier alpha value is -2.70. The molecule has 0 aliphatic rings. The van der Waals surface area contributed by atoms with Crippen LogP contribution in [0.2, 0.25) is 0 Å². The van der Waals surface area contributed by atoms with Crippen molar-refractivity contribution >= 4 is 0 Å². The van der Waals surface area contributed by atoms with Gasteiger partial charge in [-0.25, -0.2) is 0 Å². The topological polar surface area (TPSA) is 9.23 Å². The summed E-state index contributed by atoms with van der Waals surface area (Å²) in [6.45, 7) is -4.74. The van der Waals surface area contributed by atoms with Crippen LogP contribution >= 0.6 is 0 Å². The van der Waals surface area contributed by atoms with Crippen molar-refractivity contribution in [2.75, 3.05) is 6.61 Å². The fourth-order valence-electron chi connectivity index (χ4n) is 2.54. The first-order valence-electron chi connectivity index (χ1n) is 10.4. The monoisotopic (exact) mass is 830 g/mol. The molecule has 0 saturated carbocycles. The van der Waals surface area contributed by atoms with Crippen LogP contribution in [-0.4, -0.2) is 90.0 Å². The van der Waals surface area contributed by atoms with Crippen LogP contribution in [0.5, 0.6) is 0 Å². The molecule has 0 rings (SSSR count). The third-order valence-corrected chi connectivity index (χ3v) is 5.55. The number of alkyl halides is 30. The lowest BCUT2D eigenvalue weighted by Gasteiger charge is -2.41. The van der Waals surface area contributed by atoms with E-state index in [0.717, 1.165) is 0 Å². The summed E-state index contributed by atoms with van der Waals surface area (Å²) in [5, 5.41) is 0. The van der Waals surface area contributed by atoms with Crippen LogP contribution in [0.1, 0.15) is 0 Å². The maximum Gasteiger partial charge on any atom is 0.460 e. The summed E-state index contributed by atoms with van der Waals surface area (Å²) in [6, 6.07) is -5.07. The fraction of sp³-hybridized carbons (Fsp3) is 0.882. The van der Waals surface area contributed by atoms with Crippen molar-refractivity contribution in [1.29, 1.82) is 0 Å². The van der Waals surface area contributed by atoms with Gasteiger partial charge < -0.3 is 4.74 Å². The first-order chi connectivity index (χ1) is 21.0. The summed E-state index contributed by atoms with van der Waals surface area (Å²) in [7, 11) is 0. The van der Waals surface area contributed by atoms with Gasteiger partial charge in [0.25, 0.3) is 0 Å². The molecule has 0 bridgehead atoms. The number of hydrogen-bond acceptors (Lipinski definition) is 1. The zero-order valence-corrected chi connectivity index (χ0v) is 21.2. The van der Waals surface area contributed by atoms with Crippen LogP contribution in [0.4, 0.5) is 140 Å². The number of rotatable bonds is 14. The van der Waals surface area contributed by atoms with E-state index in [2.05, 4.69) is 0 Å². The maximum absolute atomic E-state index is 13.6. The van der Waals surface area contributed by atoms with Crippen LogP contribution in [0.15, 0.2) is 11.8 Å². The Morgan fingerprint density at radius 3 is 0.780 bits per heavy atom. The Balaban J connectivity index is 6.93. The molecule has 0 spiro atoms. The minimum Gasteiger partial charge on any atom is -0.462 e. The second-order valence-corrected chi connectivity index (χ2v) is 8.89. The molecule has 0 aliphatic carbocycles. The second-order valence-electron chi connectivity index (χ2n) is 8.89. The molecule has 0 aromatic heterocycles. The zero-order chi connectivity index (χ0) is 41.6. The lowest BCUT2D eigenvalue weighted by atomic mass is 9.90. The molecule has 0 heterocycles. The molecule has 33 heteroatoms. The smallest absolute Gasteiger partial charge is 0.460 e. The first-order valence-corrected chi connectivity index (χ1v) is 10.4. The number of hydrogen-bond donors (Lipinski definition) is 0. The summed E-state index contributed by atoms with van der Waals surface area (Å²) >= 11 is 0. The molecular weight excluding hydrogens is 828 g/mol. The van der Waals surface area contributed by atoms with Gasteiger partial charge >= 0.3 is 89.4 Å². The van der Waals surface area contributed by atoms with Gasteiger partial charge in [0.2, 0.25) is 5.83 Å². The van der Waals surface area contributed by atoms with Crippen molar-refractivity contribution in [2.24, 2.45) is 0 Å². The third kappa shape index (κ3) is 6.04. The number of halogens is 32. The van der Waals surface area contributed by atoms with Gasteiger partial charge in [0.05, 0.1) is 0 Å². The molecule has 0 amide bonds. The number of allylic oxidation sites excluding steroid dienone is 1. The molecule has 0 N–H and O–H groups in total. The zero-order valence-electron chi connectivity index (χ0n) is 21.2. The average molecular weight is 830 g/mol. The van der Waals surface area contributed by atoms with E-state index >= 15 is 0 Å². The van der Waals surface area contributed by atoms with Crippen molar-refractivity contribution < 1.29 is 145 Å². The predicted octanol–water partition coefficient (Wildman–Crippen LogP) is 10.9.